The highest BCUT2D eigenvalue weighted by Crippen LogP contribution is 2.27. The SMILES string of the molecule is CCOCCNC(=NC)N1CCC(C)C(n2ccnc2)C1. The zero-order chi connectivity index (χ0) is 15.1. The van der Waals surface area contributed by atoms with Gasteiger partial charge in [0.1, 0.15) is 0 Å². The molecule has 0 radical (unpaired) electrons. The van der Waals surface area contributed by atoms with Crippen LogP contribution in [-0.4, -0.2) is 60.3 Å². The van der Waals surface area contributed by atoms with Crippen molar-refractivity contribution in [1.82, 2.24) is 19.8 Å². The molecule has 0 amide bonds. The van der Waals surface area contributed by atoms with E-state index in [1.807, 2.05) is 26.5 Å². The van der Waals surface area contributed by atoms with Crippen LogP contribution in [0.1, 0.15) is 26.3 Å². The van der Waals surface area contributed by atoms with Crippen LogP contribution in [0, 0.1) is 5.92 Å². The maximum atomic E-state index is 5.36. The minimum absolute atomic E-state index is 0.451. The van der Waals surface area contributed by atoms with Crippen molar-refractivity contribution >= 4 is 5.96 Å². The van der Waals surface area contributed by atoms with Gasteiger partial charge in [-0.2, -0.15) is 0 Å². The lowest BCUT2D eigenvalue weighted by Gasteiger charge is -2.39. The molecule has 6 heteroatoms. The van der Waals surface area contributed by atoms with E-state index in [1.54, 1.807) is 0 Å². The van der Waals surface area contributed by atoms with E-state index in [4.69, 9.17) is 4.74 Å². The molecule has 0 spiro atoms. The van der Waals surface area contributed by atoms with Crippen LogP contribution < -0.4 is 5.32 Å². The van der Waals surface area contributed by atoms with Crippen molar-refractivity contribution in [2.24, 2.45) is 10.9 Å². The third-order valence-electron chi connectivity index (χ3n) is 4.07. The predicted octanol–water partition coefficient (Wildman–Crippen LogP) is 1.38. The van der Waals surface area contributed by atoms with Gasteiger partial charge in [-0.15, -0.1) is 0 Å². The first-order chi connectivity index (χ1) is 10.3. The first-order valence-corrected chi connectivity index (χ1v) is 7.77. The lowest BCUT2D eigenvalue weighted by molar-refractivity contribution is 0.150. The molecule has 118 valence electrons. The Kier molecular flexibility index (Phi) is 6.04. The molecule has 1 aliphatic heterocycles. The van der Waals surface area contributed by atoms with Gasteiger partial charge in [0.25, 0.3) is 0 Å². The Balaban J connectivity index is 1.93. The van der Waals surface area contributed by atoms with Crippen molar-refractivity contribution in [2.45, 2.75) is 26.3 Å². The number of ether oxygens (including phenoxy) is 1. The Bertz CT molecular complexity index is 431. The highest BCUT2D eigenvalue weighted by atomic mass is 16.5. The topological polar surface area (TPSA) is 54.7 Å². The molecule has 6 nitrogen and oxygen atoms in total. The molecule has 1 fully saturated rings. The molecule has 21 heavy (non-hydrogen) atoms. The van der Waals surface area contributed by atoms with E-state index in [9.17, 15) is 0 Å². The third kappa shape index (κ3) is 4.20. The molecule has 1 aliphatic rings. The van der Waals surface area contributed by atoms with Crippen molar-refractivity contribution in [3.05, 3.63) is 18.7 Å². The van der Waals surface area contributed by atoms with Gasteiger partial charge in [-0.3, -0.25) is 4.99 Å². The minimum Gasteiger partial charge on any atom is -0.380 e. The number of hydrogen-bond acceptors (Lipinski definition) is 3. The number of rotatable bonds is 5. The minimum atomic E-state index is 0.451. The van der Waals surface area contributed by atoms with Crippen LogP contribution in [0.4, 0.5) is 0 Å². The van der Waals surface area contributed by atoms with Crippen LogP contribution in [0.15, 0.2) is 23.7 Å². The summed E-state index contributed by atoms with van der Waals surface area (Å²) < 4.78 is 7.58. The van der Waals surface area contributed by atoms with E-state index < -0.39 is 0 Å². The number of likely N-dealkylation sites (tertiary alicyclic amines) is 1. The number of aliphatic imine (C=N–C) groups is 1. The van der Waals surface area contributed by atoms with Gasteiger partial charge in [-0.05, 0) is 19.3 Å². The van der Waals surface area contributed by atoms with Gasteiger partial charge in [0.05, 0.1) is 19.0 Å². The summed E-state index contributed by atoms with van der Waals surface area (Å²) in [5.74, 6) is 1.61. The predicted molar refractivity (Wildman–Crippen MR) is 84.5 cm³/mol. The lowest BCUT2D eigenvalue weighted by atomic mass is 9.93. The van der Waals surface area contributed by atoms with Gasteiger partial charge in [-0.25, -0.2) is 4.98 Å². The molecule has 2 unspecified atom stereocenters. The van der Waals surface area contributed by atoms with Crippen LogP contribution >= 0.6 is 0 Å². The third-order valence-corrected chi connectivity index (χ3v) is 4.07. The molecule has 1 aromatic rings. The fraction of sp³-hybridized carbons (Fsp3) is 0.733. The largest absolute Gasteiger partial charge is 0.380 e. The summed E-state index contributed by atoms with van der Waals surface area (Å²) in [7, 11) is 1.84. The molecule has 1 saturated heterocycles. The second-order valence-electron chi connectivity index (χ2n) is 5.46. The first-order valence-electron chi connectivity index (χ1n) is 7.77. The Labute approximate surface area is 127 Å². The van der Waals surface area contributed by atoms with Crippen LogP contribution in [0.3, 0.4) is 0 Å². The molecule has 2 rings (SSSR count). The van der Waals surface area contributed by atoms with Crippen molar-refractivity contribution in [1.29, 1.82) is 0 Å². The molecular weight excluding hydrogens is 266 g/mol. The van der Waals surface area contributed by atoms with Crippen LogP contribution in [0.5, 0.6) is 0 Å². The Morgan fingerprint density at radius 3 is 3.05 bits per heavy atom. The maximum Gasteiger partial charge on any atom is 0.193 e. The van der Waals surface area contributed by atoms with Crippen molar-refractivity contribution in [2.75, 3.05) is 39.9 Å². The summed E-state index contributed by atoms with van der Waals surface area (Å²) in [6, 6.07) is 0.451. The normalized spacial score (nSPS) is 23.4. The quantitative estimate of drug-likeness (QED) is 0.506. The summed E-state index contributed by atoms with van der Waals surface area (Å²) in [4.78, 5) is 10.9. The number of hydrogen-bond donors (Lipinski definition) is 1. The van der Waals surface area contributed by atoms with Crippen molar-refractivity contribution in [3.63, 3.8) is 0 Å². The number of nitrogens with one attached hydrogen (secondary N) is 1. The van der Waals surface area contributed by atoms with Gasteiger partial charge in [0.2, 0.25) is 0 Å². The second-order valence-corrected chi connectivity index (χ2v) is 5.46. The van der Waals surface area contributed by atoms with Crippen LogP contribution in [0.25, 0.3) is 0 Å². The lowest BCUT2D eigenvalue weighted by Crippen LogP contribution is -2.49. The molecule has 0 saturated carbocycles. The summed E-state index contributed by atoms with van der Waals surface area (Å²) in [5.41, 5.74) is 0. The van der Waals surface area contributed by atoms with E-state index in [1.165, 1.54) is 0 Å². The van der Waals surface area contributed by atoms with Gasteiger partial charge in [-0.1, -0.05) is 6.92 Å². The standard InChI is InChI=1S/C15H27N5O/c1-4-21-10-7-18-15(16-3)19-8-5-13(2)14(11-19)20-9-6-17-12-20/h6,9,12-14H,4-5,7-8,10-11H2,1-3H3,(H,16,18). The molecule has 0 aromatic carbocycles. The number of aromatic nitrogens is 2. The maximum absolute atomic E-state index is 5.36. The van der Waals surface area contributed by atoms with Gasteiger partial charge in [0, 0.05) is 45.7 Å². The summed E-state index contributed by atoms with van der Waals surface area (Å²) in [5, 5.41) is 3.38. The summed E-state index contributed by atoms with van der Waals surface area (Å²) in [6.45, 7) is 8.59. The molecule has 1 N–H and O–H groups in total. The second kappa shape index (κ2) is 8.02. The average molecular weight is 293 g/mol. The van der Waals surface area contributed by atoms with Crippen LogP contribution in [0.2, 0.25) is 0 Å². The molecule has 1 aromatic heterocycles. The monoisotopic (exact) mass is 293 g/mol. The molecule has 0 aliphatic carbocycles. The highest BCUT2D eigenvalue weighted by Gasteiger charge is 2.28. The smallest absolute Gasteiger partial charge is 0.193 e. The molecular formula is C15H27N5O. The number of piperidine rings is 1. The van der Waals surface area contributed by atoms with Crippen molar-refractivity contribution < 1.29 is 4.74 Å². The number of nitrogens with zero attached hydrogens (tertiary/aromatic N) is 4. The fourth-order valence-corrected chi connectivity index (χ4v) is 2.81. The van der Waals surface area contributed by atoms with E-state index in [0.717, 1.165) is 38.6 Å². The van der Waals surface area contributed by atoms with E-state index >= 15 is 0 Å². The van der Waals surface area contributed by atoms with Gasteiger partial charge >= 0.3 is 0 Å². The average Bonchev–Trinajstić information content (AvgIpc) is 3.02. The fourth-order valence-electron chi connectivity index (χ4n) is 2.81. The van der Waals surface area contributed by atoms with E-state index in [2.05, 4.69) is 37.9 Å². The van der Waals surface area contributed by atoms with Gasteiger partial charge < -0.3 is 19.5 Å². The van der Waals surface area contributed by atoms with E-state index in [0.29, 0.717) is 18.6 Å². The summed E-state index contributed by atoms with van der Waals surface area (Å²) >= 11 is 0. The van der Waals surface area contributed by atoms with Crippen LogP contribution in [-0.2, 0) is 4.74 Å². The van der Waals surface area contributed by atoms with Gasteiger partial charge in [0.15, 0.2) is 5.96 Å². The van der Waals surface area contributed by atoms with E-state index in [-0.39, 0.29) is 0 Å². The number of guanidine groups is 1. The zero-order valence-corrected chi connectivity index (χ0v) is 13.3. The Morgan fingerprint density at radius 1 is 1.52 bits per heavy atom. The molecule has 0 bridgehead atoms. The highest BCUT2D eigenvalue weighted by molar-refractivity contribution is 5.80. The Hall–Kier alpha value is -1.56. The van der Waals surface area contributed by atoms with Crippen molar-refractivity contribution in [3.8, 4) is 0 Å². The molecule has 2 atom stereocenters. The molecule has 2 heterocycles. The Morgan fingerprint density at radius 2 is 2.38 bits per heavy atom. The summed E-state index contributed by atoms with van der Waals surface area (Å²) in [6.07, 6.45) is 6.97. The first kappa shape index (κ1) is 15.8. The number of imidazole rings is 1. The zero-order valence-electron chi connectivity index (χ0n) is 13.3.